The molecule has 0 atom stereocenters. The van der Waals surface area contributed by atoms with Crippen LogP contribution in [-0.4, -0.2) is 18.2 Å². The fraction of sp³-hybridized carbons (Fsp3) is 0.308. The Hall–Kier alpha value is -2.55. The van der Waals surface area contributed by atoms with Crippen molar-refractivity contribution in [2.75, 3.05) is 12.0 Å². The molecule has 0 fully saturated rings. The van der Waals surface area contributed by atoms with Crippen LogP contribution in [0.3, 0.4) is 0 Å². The summed E-state index contributed by atoms with van der Waals surface area (Å²) >= 11 is 0. The molecule has 0 aromatic heterocycles. The van der Waals surface area contributed by atoms with Gasteiger partial charge in [-0.15, -0.1) is 0 Å². The molecule has 0 amide bonds. The van der Waals surface area contributed by atoms with Crippen LogP contribution in [0, 0.1) is 16.7 Å². The lowest BCUT2D eigenvalue weighted by Crippen LogP contribution is -2.21. The zero-order valence-electron chi connectivity index (χ0n) is 10.8. The van der Waals surface area contributed by atoms with E-state index in [0.29, 0.717) is 18.0 Å². The number of rotatable bonds is 7. The quantitative estimate of drug-likeness (QED) is 0.301. The van der Waals surface area contributed by atoms with E-state index >= 15 is 0 Å². The summed E-state index contributed by atoms with van der Waals surface area (Å²) in [6.07, 6.45) is 2.02. The SMILES string of the molecule is CCCCOc1ccccc1N/N=C(\C#N)C(=N)N. The Labute approximate surface area is 112 Å². The molecule has 19 heavy (non-hydrogen) atoms. The number of hydrogen-bond acceptors (Lipinski definition) is 5. The highest BCUT2D eigenvalue weighted by atomic mass is 16.5. The molecule has 0 saturated carbocycles. The third kappa shape index (κ3) is 4.68. The summed E-state index contributed by atoms with van der Waals surface area (Å²) in [5.74, 6) is 0.278. The smallest absolute Gasteiger partial charge is 0.201 e. The van der Waals surface area contributed by atoms with E-state index in [1.807, 2.05) is 18.2 Å². The first-order valence-electron chi connectivity index (χ1n) is 5.99. The average molecular weight is 259 g/mol. The van der Waals surface area contributed by atoms with Crippen molar-refractivity contribution in [3.8, 4) is 11.8 Å². The maximum Gasteiger partial charge on any atom is 0.201 e. The van der Waals surface area contributed by atoms with Crippen molar-refractivity contribution in [1.29, 1.82) is 10.7 Å². The highest BCUT2D eigenvalue weighted by Gasteiger charge is 2.04. The molecular weight excluding hydrogens is 242 g/mol. The number of nitriles is 1. The molecule has 6 heteroatoms. The number of unbranched alkanes of at least 4 members (excludes halogenated alkanes) is 1. The van der Waals surface area contributed by atoms with Crippen LogP contribution < -0.4 is 15.9 Å². The van der Waals surface area contributed by atoms with Crippen LogP contribution in [0.25, 0.3) is 0 Å². The van der Waals surface area contributed by atoms with E-state index in [1.54, 1.807) is 12.1 Å². The molecule has 1 aromatic carbocycles. The largest absolute Gasteiger partial charge is 0.491 e. The van der Waals surface area contributed by atoms with E-state index < -0.39 is 0 Å². The van der Waals surface area contributed by atoms with Gasteiger partial charge in [-0.05, 0) is 18.6 Å². The summed E-state index contributed by atoms with van der Waals surface area (Å²) in [4.78, 5) is 0. The van der Waals surface area contributed by atoms with Gasteiger partial charge in [0.1, 0.15) is 11.8 Å². The summed E-state index contributed by atoms with van der Waals surface area (Å²) in [6, 6.07) is 9.01. The lowest BCUT2D eigenvalue weighted by atomic mass is 10.3. The summed E-state index contributed by atoms with van der Waals surface area (Å²) in [7, 11) is 0. The zero-order valence-corrected chi connectivity index (χ0v) is 10.8. The molecule has 0 bridgehead atoms. The van der Waals surface area contributed by atoms with Gasteiger partial charge in [0.25, 0.3) is 0 Å². The van der Waals surface area contributed by atoms with Crippen molar-refractivity contribution >= 4 is 17.2 Å². The van der Waals surface area contributed by atoms with Crippen molar-refractivity contribution in [1.82, 2.24) is 0 Å². The van der Waals surface area contributed by atoms with E-state index in [1.165, 1.54) is 0 Å². The van der Waals surface area contributed by atoms with Gasteiger partial charge in [-0.3, -0.25) is 10.8 Å². The number of benzene rings is 1. The highest BCUT2D eigenvalue weighted by Crippen LogP contribution is 2.23. The molecule has 4 N–H and O–H groups in total. The van der Waals surface area contributed by atoms with Crippen LogP contribution >= 0.6 is 0 Å². The average Bonchev–Trinajstić information content (AvgIpc) is 2.41. The molecule has 1 rings (SSSR count). The van der Waals surface area contributed by atoms with Crippen LogP contribution in [0.2, 0.25) is 0 Å². The third-order valence-corrected chi connectivity index (χ3v) is 2.29. The molecule has 0 aliphatic rings. The lowest BCUT2D eigenvalue weighted by Gasteiger charge is -2.10. The number of ether oxygens (including phenoxy) is 1. The number of anilines is 1. The maximum atomic E-state index is 8.74. The Kier molecular flexibility index (Phi) is 5.89. The topological polar surface area (TPSA) is 107 Å². The first-order valence-corrected chi connectivity index (χ1v) is 5.99. The van der Waals surface area contributed by atoms with Crippen LogP contribution in [0.5, 0.6) is 5.75 Å². The van der Waals surface area contributed by atoms with Gasteiger partial charge in [-0.1, -0.05) is 25.5 Å². The molecule has 0 aliphatic carbocycles. The Balaban J connectivity index is 2.78. The third-order valence-electron chi connectivity index (χ3n) is 2.29. The minimum Gasteiger partial charge on any atom is -0.491 e. The fourth-order valence-corrected chi connectivity index (χ4v) is 1.27. The van der Waals surface area contributed by atoms with E-state index in [4.69, 9.17) is 21.1 Å². The second-order valence-corrected chi connectivity index (χ2v) is 3.80. The van der Waals surface area contributed by atoms with E-state index in [9.17, 15) is 0 Å². The van der Waals surface area contributed by atoms with Crippen molar-refractivity contribution < 1.29 is 4.74 Å². The molecule has 0 unspecified atom stereocenters. The van der Waals surface area contributed by atoms with Crippen LogP contribution in [0.15, 0.2) is 29.4 Å². The summed E-state index contributed by atoms with van der Waals surface area (Å²) in [6.45, 7) is 2.71. The molecule has 0 spiro atoms. The molecule has 0 saturated heterocycles. The van der Waals surface area contributed by atoms with Gasteiger partial charge in [-0.25, -0.2) is 0 Å². The number of amidine groups is 1. The summed E-state index contributed by atoms with van der Waals surface area (Å²) < 4.78 is 5.60. The number of nitrogens with zero attached hydrogens (tertiary/aromatic N) is 2. The number of nitrogens with two attached hydrogens (primary N) is 1. The van der Waals surface area contributed by atoms with Gasteiger partial charge in [0, 0.05) is 0 Å². The second-order valence-electron chi connectivity index (χ2n) is 3.80. The molecule has 0 radical (unpaired) electrons. The summed E-state index contributed by atoms with van der Waals surface area (Å²) in [5.41, 5.74) is 8.37. The summed E-state index contributed by atoms with van der Waals surface area (Å²) in [5, 5.41) is 19.7. The van der Waals surface area contributed by atoms with Gasteiger partial charge < -0.3 is 10.5 Å². The molecular formula is C13H17N5O. The van der Waals surface area contributed by atoms with Crippen molar-refractivity contribution in [2.24, 2.45) is 10.8 Å². The first kappa shape index (κ1) is 14.5. The second kappa shape index (κ2) is 7.71. The Morgan fingerprint density at radius 2 is 2.26 bits per heavy atom. The predicted molar refractivity (Wildman–Crippen MR) is 75.4 cm³/mol. The van der Waals surface area contributed by atoms with Gasteiger partial charge in [0.05, 0.1) is 12.3 Å². The van der Waals surface area contributed by atoms with Crippen molar-refractivity contribution in [3.63, 3.8) is 0 Å². The first-order chi connectivity index (χ1) is 9.19. The van der Waals surface area contributed by atoms with Crippen LogP contribution in [-0.2, 0) is 0 Å². The predicted octanol–water partition coefficient (Wildman–Crippen LogP) is 2.09. The fourth-order valence-electron chi connectivity index (χ4n) is 1.27. The molecule has 1 aromatic rings. The van der Waals surface area contributed by atoms with E-state index in [-0.39, 0.29) is 11.5 Å². The van der Waals surface area contributed by atoms with Crippen molar-refractivity contribution in [3.05, 3.63) is 24.3 Å². The Morgan fingerprint density at radius 1 is 1.53 bits per heavy atom. The number of para-hydroxylation sites is 2. The van der Waals surface area contributed by atoms with Gasteiger partial charge in [0.15, 0.2) is 5.84 Å². The molecule has 6 nitrogen and oxygen atoms in total. The number of nitrogens with one attached hydrogen (secondary N) is 2. The minimum atomic E-state index is -0.376. The molecule has 0 heterocycles. The minimum absolute atomic E-state index is 0.164. The Bertz CT molecular complexity index is 504. The highest BCUT2D eigenvalue weighted by molar-refractivity contribution is 6.45. The number of hydrazone groups is 1. The van der Waals surface area contributed by atoms with Gasteiger partial charge in [-0.2, -0.15) is 10.4 Å². The zero-order chi connectivity index (χ0) is 14.1. The van der Waals surface area contributed by atoms with Crippen LogP contribution in [0.1, 0.15) is 19.8 Å². The number of hydrogen-bond donors (Lipinski definition) is 3. The molecule has 100 valence electrons. The Morgan fingerprint density at radius 3 is 2.89 bits per heavy atom. The normalized spacial score (nSPS) is 10.6. The van der Waals surface area contributed by atoms with Gasteiger partial charge >= 0.3 is 0 Å². The standard InChI is InChI=1S/C13H17N5O/c1-2-3-8-19-12-7-5-4-6-10(12)17-18-11(9-14)13(15)16/h4-7,17H,2-3,8H2,1H3,(H3,15,16)/b18-11+. The monoisotopic (exact) mass is 259 g/mol. The molecule has 0 aliphatic heterocycles. The maximum absolute atomic E-state index is 8.74. The van der Waals surface area contributed by atoms with Gasteiger partial charge in [0.2, 0.25) is 5.71 Å². The van der Waals surface area contributed by atoms with Crippen molar-refractivity contribution in [2.45, 2.75) is 19.8 Å². The van der Waals surface area contributed by atoms with E-state index in [0.717, 1.165) is 12.8 Å². The van der Waals surface area contributed by atoms with E-state index in [2.05, 4.69) is 17.5 Å². The lowest BCUT2D eigenvalue weighted by molar-refractivity contribution is 0.311. The van der Waals surface area contributed by atoms with Crippen LogP contribution in [0.4, 0.5) is 5.69 Å².